The van der Waals surface area contributed by atoms with Gasteiger partial charge in [-0.1, -0.05) is 20.8 Å². The SMILES string of the molecule is CCNCc1cnn(C)c1C(C)C. The molecule has 1 aromatic heterocycles. The van der Waals surface area contributed by atoms with Gasteiger partial charge in [-0.15, -0.1) is 0 Å². The molecule has 0 aliphatic heterocycles. The first-order valence-corrected chi connectivity index (χ1v) is 4.88. The molecule has 1 N–H and O–H groups in total. The molecule has 0 fully saturated rings. The predicted octanol–water partition coefficient (Wildman–Crippen LogP) is 1.65. The van der Waals surface area contributed by atoms with Crippen molar-refractivity contribution in [1.29, 1.82) is 0 Å². The fourth-order valence-corrected chi connectivity index (χ4v) is 1.63. The number of rotatable bonds is 4. The summed E-state index contributed by atoms with van der Waals surface area (Å²) in [5.74, 6) is 0.543. The van der Waals surface area contributed by atoms with Gasteiger partial charge in [0.1, 0.15) is 0 Å². The van der Waals surface area contributed by atoms with Gasteiger partial charge in [-0.3, -0.25) is 4.68 Å². The zero-order chi connectivity index (χ0) is 9.84. The lowest BCUT2D eigenvalue weighted by Crippen LogP contribution is -2.13. The smallest absolute Gasteiger partial charge is 0.0537 e. The molecular weight excluding hydrogens is 162 g/mol. The molecule has 13 heavy (non-hydrogen) atoms. The standard InChI is InChI=1S/C10H19N3/c1-5-11-6-9-7-12-13(4)10(9)8(2)3/h7-8,11H,5-6H2,1-4H3. The topological polar surface area (TPSA) is 29.9 Å². The van der Waals surface area contributed by atoms with Gasteiger partial charge in [0.2, 0.25) is 0 Å². The van der Waals surface area contributed by atoms with E-state index in [9.17, 15) is 0 Å². The van der Waals surface area contributed by atoms with Crippen molar-refractivity contribution in [2.24, 2.45) is 7.05 Å². The van der Waals surface area contributed by atoms with Gasteiger partial charge in [-0.2, -0.15) is 5.10 Å². The third-order valence-corrected chi connectivity index (χ3v) is 2.18. The Morgan fingerprint density at radius 1 is 1.54 bits per heavy atom. The summed E-state index contributed by atoms with van der Waals surface area (Å²) in [5, 5.41) is 7.59. The Balaban J connectivity index is 2.81. The van der Waals surface area contributed by atoms with Crippen LogP contribution in [0.15, 0.2) is 6.20 Å². The maximum absolute atomic E-state index is 4.27. The lowest BCUT2D eigenvalue weighted by atomic mass is 10.1. The molecule has 74 valence electrons. The Bertz CT molecular complexity index is 263. The number of nitrogens with zero attached hydrogens (tertiary/aromatic N) is 2. The second-order valence-electron chi connectivity index (χ2n) is 3.61. The predicted molar refractivity (Wildman–Crippen MR) is 54.7 cm³/mol. The van der Waals surface area contributed by atoms with Gasteiger partial charge >= 0.3 is 0 Å². The Hall–Kier alpha value is -0.830. The maximum Gasteiger partial charge on any atom is 0.0537 e. The third-order valence-electron chi connectivity index (χ3n) is 2.18. The van der Waals surface area contributed by atoms with Crippen molar-refractivity contribution in [1.82, 2.24) is 15.1 Å². The summed E-state index contributed by atoms with van der Waals surface area (Å²) >= 11 is 0. The van der Waals surface area contributed by atoms with E-state index in [0.717, 1.165) is 13.1 Å². The van der Waals surface area contributed by atoms with E-state index in [2.05, 4.69) is 31.2 Å². The quantitative estimate of drug-likeness (QED) is 0.765. The van der Waals surface area contributed by atoms with Crippen LogP contribution in [-0.2, 0) is 13.6 Å². The summed E-state index contributed by atoms with van der Waals surface area (Å²) in [6.45, 7) is 8.45. The second kappa shape index (κ2) is 4.42. The third kappa shape index (κ3) is 2.31. The number of nitrogens with one attached hydrogen (secondary N) is 1. The second-order valence-corrected chi connectivity index (χ2v) is 3.61. The summed E-state index contributed by atoms with van der Waals surface area (Å²) in [5.41, 5.74) is 2.65. The highest BCUT2D eigenvalue weighted by Crippen LogP contribution is 2.17. The molecule has 0 saturated carbocycles. The normalized spacial score (nSPS) is 11.2. The van der Waals surface area contributed by atoms with Crippen molar-refractivity contribution >= 4 is 0 Å². The molecule has 0 amide bonds. The maximum atomic E-state index is 4.27. The number of hydrogen-bond donors (Lipinski definition) is 1. The van der Waals surface area contributed by atoms with Crippen LogP contribution in [0.4, 0.5) is 0 Å². The molecule has 3 nitrogen and oxygen atoms in total. The minimum atomic E-state index is 0.543. The van der Waals surface area contributed by atoms with Gasteiger partial charge in [0.05, 0.1) is 6.20 Å². The first-order chi connectivity index (χ1) is 6.16. The molecule has 3 heteroatoms. The molecule has 0 unspecified atom stereocenters. The summed E-state index contributed by atoms with van der Waals surface area (Å²) < 4.78 is 1.97. The van der Waals surface area contributed by atoms with E-state index >= 15 is 0 Å². The van der Waals surface area contributed by atoms with Crippen molar-refractivity contribution < 1.29 is 0 Å². The lowest BCUT2D eigenvalue weighted by Gasteiger charge is -2.09. The van der Waals surface area contributed by atoms with E-state index in [1.807, 2.05) is 17.9 Å². The number of aryl methyl sites for hydroxylation is 1. The van der Waals surface area contributed by atoms with Crippen LogP contribution in [0.3, 0.4) is 0 Å². The molecule has 0 aliphatic carbocycles. The molecule has 0 aliphatic rings. The minimum absolute atomic E-state index is 0.543. The minimum Gasteiger partial charge on any atom is -0.313 e. The first-order valence-electron chi connectivity index (χ1n) is 4.88. The van der Waals surface area contributed by atoms with Crippen molar-refractivity contribution in [2.45, 2.75) is 33.2 Å². The molecule has 0 aromatic carbocycles. The van der Waals surface area contributed by atoms with Crippen LogP contribution in [0, 0.1) is 0 Å². The van der Waals surface area contributed by atoms with Crippen LogP contribution in [0.5, 0.6) is 0 Å². The summed E-state index contributed by atoms with van der Waals surface area (Å²) in [6, 6.07) is 0. The summed E-state index contributed by atoms with van der Waals surface area (Å²) in [6.07, 6.45) is 1.96. The van der Waals surface area contributed by atoms with Gasteiger partial charge in [0, 0.05) is 24.8 Å². The zero-order valence-electron chi connectivity index (χ0n) is 8.96. The van der Waals surface area contributed by atoms with Crippen LogP contribution in [-0.4, -0.2) is 16.3 Å². The fourth-order valence-electron chi connectivity index (χ4n) is 1.63. The molecule has 0 saturated heterocycles. The Kier molecular flexibility index (Phi) is 3.48. The van der Waals surface area contributed by atoms with Crippen LogP contribution >= 0.6 is 0 Å². The van der Waals surface area contributed by atoms with Gasteiger partial charge in [-0.25, -0.2) is 0 Å². The highest BCUT2D eigenvalue weighted by Gasteiger charge is 2.10. The molecule has 0 atom stereocenters. The van der Waals surface area contributed by atoms with E-state index in [4.69, 9.17) is 0 Å². The fraction of sp³-hybridized carbons (Fsp3) is 0.700. The molecular formula is C10H19N3. The average molecular weight is 181 g/mol. The highest BCUT2D eigenvalue weighted by atomic mass is 15.3. The molecule has 0 spiro atoms. The van der Waals surface area contributed by atoms with Crippen LogP contribution in [0.25, 0.3) is 0 Å². The van der Waals surface area contributed by atoms with Gasteiger partial charge < -0.3 is 5.32 Å². The monoisotopic (exact) mass is 181 g/mol. The van der Waals surface area contributed by atoms with Crippen LogP contribution in [0.1, 0.15) is 37.9 Å². The van der Waals surface area contributed by atoms with Crippen LogP contribution in [0.2, 0.25) is 0 Å². The van der Waals surface area contributed by atoms with E-state index in [1.54, 1.807) is 0 Å². The molecule has 0 bridgehead atoms. The van der Waals surface area contributed by atoms with Crippen molar-refractivity contribution in [2.75, 3.05) is 6.54 Å². The van der Waals surface area contributed by atoms with Crippen LogP contribution < -0.4 is 5.32 Å². The summed E-state index contributed by atoms with van der Waals surface area (Å²) in [7, 11) is 2.00. The Morgan fingerprint density at radius 3 is 2.77 bits per heavy atom. The highest BCUT2D eigenvalue weighted by molar-refractivity contribution is 5.20. The van der Waals surface area contributed by atoms with E-state index in [1.165, 1.54) is 11.3 Å². The van der Waals surface area contributed by atoms with E-state index < -0.39 is 0 Å². The number of hydrogen-bond acceptors (Lipinski definition) is 2. The average Bonchev–Trinajstić information content (AvgIpc) is 2.43. The Labute approximate surface area is 80.1 Å². The molecule has 1 aromatic rings. The van der Waals surface area contributed by atoms with Gasteiger partial charge in [0.25, 0.3) is 0 Å². The molecule has 1 heterocycles. The number of aromatic nitrogens is 2. The molecule has 0 radical (unpaired) electrons. The van der Waals surface area contributed by atoms with Gasteiger partial charge in [-0.05, 0) is 12.5 Å². The van der Waals surface area contributed by atoms with Crippen molar-refractivity contribution in [3.05, 3.63) is 17.5 Å². The van der Waals surface area contributed by atoms with E-state index in [-0.39, 0.29) is 0 Å². The van der Waals surface area contributed by atoms with E-state index in [0.29, 0.717) is 5.92 Å². The summed E-state index contributed by atoms with van der Waals surface area (Å²) in [4.78, 5) is 0. The molecule has 1 rings (SSSR count). The lowest BCUT2D eigenvalue weighted by molar-refractivity contribution is 0.651. The van der Waals surface area contributed by atoms with Gasteiger partial charge in [0.15, 0.2) is 0 Å². The largest absolute Gasteiger partial charge is 0.313 e. The van der Waals surface area contributed by atoms with Crippen molar-refractivity contribution in [3.8, 4) is 0 Å². The first kappa shape index (κ1) is 10.3. The Morgan fingerprint density at radius 2 is 2.23 bits per heavy atom. The van der Waals surface area contributed by atoms with Crippen molar-refractivity contribution in [3.63, 3.8) is 0 Å². The zero-order valence-corrected chi connectivity index (χ0v) is 8.96.